The van der Waals surface area contributed by atoms with Crippen LogP contribution in [0, 0.1) is 13.8 Å². The van der Waals surface area contributed by atoms with Gasteiger partial charge in [0.15, 0.2) is 11.5 Å². The van der Waals surface area contributed by atoms with Gasteiger partial charge in [0.1, 0.15) is 0 Å². The van der Waals surface area contributed by atoms with Gasteiger partial charge in [0.2, 0.25) is 6.79 Å². The topological polar surface area (TPSA) is 71.1 Å². The number of nitrogens with zero attached hydrogens (tertiary/aromatic N) is 2. The highest BCUT2D eigenvalue weighted by Gasteiger charge is 2.29. The lowest BCUT2D eigenvalue weighted by molar-refractivity contribution is 0.102. The van der Waals surface area contributed by atoms with Crippen LogP contribution in [0.15, 0.2) is 60.7 Å². The zero-order chi connectivity index (χ0) is 23.7. The number of rotatable bonds is 5. The van der Waals surface area contributed by atoms with Crippen molar-refractivity contribution < 1.29 is 19.1 Å². The molecule has 1 N–H and O–H groups in total. The van der Waals surface area contributed by atoms with Gasteiger partial charge >= 0.3 is 6.03 Å². The number of carbonyl (C=O) groups excluding carboxylic acids is 2. The van der Waals surface area contributed by atoms with E-state index in [1.54, 1.807) is 23.1 Å². The van der Waals surface area contributed by atoms with Crippen molar-refractivity contribution in [3.8, 4) is 11.5 Å². The number of amides is 3. The van der Waals surface area contributed by atoms with Crippen LogP contribution in [0.3, 0.4) is 0 Å². The molecule has 2 aliphatic heterocycles. The SMILES string of the molecule is Cc1ccc(N2CCCN(Cc3ccccc3C)C2=O)c(NC(=O)c2ccc3c(c2)OCO3)c1. The highest BCUT2D eigenvalue weighted by Crippen LogP contribution is 2.34. The van der Waals surface area contributed by atoms with E-state index in [1.165, 1.54) is 5.56 Å². The van der Waals surface area contributed by atoms with Crippen LogP contribution in [-0.2, 0) is 6.54 Å². The normalized spacial score (nSPS) is 14.9. The number of hydrogen-bond acceptors (Lipinski definition) is 4. The number of fused-ring (bicyclic) bond motifs is 1. The third kappa shape index (κ3) is 4.29. The minimum atomic E-state index is -0.272. The van der Waals surface area contributed by atoms with Crippen LogP contribution in [0.4, 0.5) is 16.2 Å². The van der Waals surface area contributed by atoms with Gasteiger partial charge in [-0.1, -0.05) is 30.3 Å². The first-order valence-electron chi connectivity index (χ1n) is 11.4. The maximum atomic E-state index is 13.5. The van der Waals surface area contributed by atoms with Crippen molar-refractivity contribution in [1.29, 1.82) is 0 Å². The number of urea groups is 1. The molecular weight excluding hydrogens is 430 g/mol. The molecule has 3 aromatic rings. The van der Waals surface area contributed by atoms with Crippen LogP contribution >= 0.6 is 0 Å². The number of hydrogen-bond donors (Lipinski definition) is 1. The molecule has 0 atom stereocenters. The van der Waals surface area contributed by atoms with Crippen molar-refractivity contribution >= 4 is 23.3 Å². The van der Waals surface area contributed by atoms with E-state index in [4.69, 9.17) is 9.47 Å². The van der Waals surface area contributed by atoms with E-state index >= 15 is 0 Å². The standard InChI is InChI=1S/C27H27N3O4/c1-18-8-10-23(22(14-18)28-26(31)20-9-11-24-25(15-20)34-17-33-24)30-13-5-12-29(27(30)32)16-21-7-4-3-6-19(21)2/h3-4,6-11,14-15H,5,12-13,16-17H2,1-2H3,(H,28,31). The molecule has 1 fully saturated rings. The first-order chi connectivity index (χ1) is 16.5. The Morgan fingerprint density at radius 1 is 0.971 bits per heavy atom. The molecule has 3 amide bonds. The Balaban J connectivity index is 1.39. The molecule has 5 rings (SSSR count). The Hall–Kier alpha value is -4.00. The molecule has 1 saturated heterocycles. The van der Waals surface area contributed by atoms with Crippen LogP contribution in [0.25, 0.3) is 0 Å². The fourth-order valence-corrected chi connectivity index (χ4v) is 4.36. The molecular formula is C27H27N3O4. The van der Waals surface area contributed by atoms with E-state index in [0.717, 1.165) is 17.5 Å². The fraction of sp³-hybridized carbons (Fsp3) is 0.259. The van der Waals surface area contributed by atoms with Gasteiger partial charge in [0.25, 0.3) is 5.91 Å². The molecule has 0 radical (unpaired) electrons. The number of benzene rings is 3. The molecule has 174 valence electrons. The van der Waals surface area contributed by atoms with Crippen molar-refractivity contribution in [2.45, 2.75) is 26.8 Å². The first-order valence-corrected chi connectivity index (χ1v) is 11.4. The Bertz CT molecular complexity index is 1260. The second-order valence-corrected chi connectivity index (χ2v) is 8.68. The predicted octanol–water partition coefficient (Wildman–Crippen LogP) is 5.12. The maximum Gasteiger partial charge on any atom is 0.324 e. The van der Waals surface area contributed by atoms with E-state index in [0.29, 0.717) is 48.1 Å². The summed E-state index contributed by atoms with van der Waals surface area (Å²) in [4.78, 5) is 30.2. The van der Waals surface area contributed by atoms with Gasteiger partial charge in [-0.15, -0.1) is 0 Å². The van der Waals surface area contributed by atoms with Crippen LogP contribution in [0.5, 0.6) is 11.5 Å². The summed E-state index contributed by atoms with van der Waals surface area (Å²) in [5.41, 5.74) is 5.05. The first kappa shape index (κ1) is 21.8. The molecule has 3 aromatic carbocycles. The summed E-state index contributed by atoms with van der Waals surface area (Å²) in [5, 5.41) is 3.00. The summed E-state index contributed by atoms with van der Waals surface area (Å²) < 4.78 is 10.7. The van der Waals surface area contributed by atoms with Crippen LogP contribution in [0.1, 0.15) is 33.5 Å². The summed E-state index contributed by atoms with van der Waals surface area (Å²) in [6, 6.07) is 18.9. The molecule has 0 unspecified atom stereocenters. The molecule has 34 heavy (non-hydrogen) atoms. The number of ether oxygens (including phenoxy) is 2. The fourth-order valence-electron chi connectivity index (χ4n) is 4.36. The average Bonchev–Trinajstić information content (AvgIpc) is 3.30. The quantitative estimate of drug-likeness (QED) is 0.578. The van der Waals surface area contributed by atoms with Crippen LogP contribution < -0.4 is 19.7 Å². The molecule has 7 heteroatoms. The lowest BCUT2D eigenvalue weighted by Gasteiger charge is -2.36. The Labute approximate surface area is 198 Å². The lowest BCUT2D eigenvalue weighted by Crippen LogP contribution is -2.49. The van der Waals surface area contributed by atoms with Gasteiger partial charge in [0, 0.05) is 25.2 Å². The zero-order valence-corrected chi connectivity index (χ0v) is 19.3. The average molecular weight is 458 g/mol. The van der Waals surface area contributed by atoms with E-state index < -0.39 is 0 Å². The van der Waals surface area contributed by atoms with Crippen molar-refractivity contribution in [3.05, 3.63) is 82.9 Å². The van der Waals surface area contributed by atoms with Gasteiger partial charge < -0.3 is 19.7 Å². The number of carbonyl (C=O) groups is 2. The Morgan fingerprint density at radius 2 is 1.79 bits per heavy atom. The minimum absolute atomic E-state index is 0.0584. The van der Waals surface area contributed by atoms with Gasteiger partial charge in [-0.3, -0.25) is 9.69 Å². The molecule has 7 nitrogen and oxygen atoms in total. The van der Waals surface area contributed by atoms with Crippen molar-refractivity contribution in [2.75, 3.05) is 30.1 Å². The second-order valence-electron chi connectivity index (χ2n) is 8.68. The Morgan fingerprint density at radius 3 is 2.65 bits per heavy atom. The number of anilines is 2. The molecule has 0 saturated carbocycles. The van der Waals surface area contributed by atoms with E-state index in [9.17, 15) is 9.59 Å². The van der Waals surface area contributed by atoms with Crippen molar-refractivity contribution in [3.63, 3.8) is 0 Å². The number of aryl methyl sites for hydroxylation is 2. The second kappa shape index (κ2) is 9.09. The maximum absolute atomic E-state index is 13.5. The number of nitrogens with one attached hydrogen (secondary N) is 1. The molecule has 0 spiro atoms. The van der Waals surface area contributed by atoms with Crippen molar-refractivity contribution in [2.24, 2.45) is 0 Å². The Kier molecular flexibility index (Phi) is 5.84. The molecule has 2 aliphatic rings. The van der Waals surface area contributed by atoms with Gasteiger partial charge in [-0.25, -0.2) is 4.79 Å². The summed E-state index contributed by atoms with van der Waals surface area (Å²) >= 11 is 0. The summed E-state index contributed by atoms with van der Waals surface area (Å²) in [6.45, 7) is 6.03. The van der Waals surface area contributed by atoms with E-state index in [1.807, 2.05) is 42.2 Å². The van der Waals surface area contributed by atoms with E-state index in [-0.39, 0.29) is 18.7 Å². The third-order valence-electron chi connectivity index (χ3n) is 6.26. The third-order valence-corrected chi connectivity index (χ3v) is 6.26. The lowest BCUT2D eigenvalue weighted by atomic mass is 10.1. The van der Waals surface area contributed by atoms with Crippen LogP contribution in [0.2, 0.25) is 0 Å². The highest BCUT2D eigenvalue weighted by atomic mass is 16.7. The predicted molar refractivity (Wildman–Crippen MR) is 131 cm³/mol. The summed E-state index contributed by atoms with van der Waals surface area (Å²) in [7, 11) is 0. The van der Waals surface area contributed by atoms with Crippen molar-refractivity contribution in [1.82, 2.24) is 4.90 Å². The van der Waals surface area contributed by atoms with Gasteiger partial charge in [0.05, 0.1) is 11.4 Å². The molecule has 0 bridgehead atoms. The zero-order valence-electron chi connectivity index (χ0n) is 19.3. The largest absolute Gasteiger partial charge is 0.454 e. The van der Waals surface area contributed by atoms with Gasteiger partial charge in [-0.05, 0) is 67.3 Å². The monoisotopic (exact) mass is 457 g/mol. The van der Waals surface area contributed by atoms with Crippen LogP contribution in [-0.4, -0.2) is 36.7 Å². The molecule has 2 heterocycles. The van der Waals surface area contributed by atoms with E-state index in [2.05, 4.69) is 24.4 Å². The molecule has 0 aliphatic carbocycles. The highest BCUT2D eigenvalue weighted by molar-refractivity contribution is 6.08. The minimum Gasteiger partial charge on any atom is -0.454 e. The summed E-state index contributed by atoms with van der Waals surface area (Å²) in [5.74, 6) is 0.905. The molecule has 0 aromatic heterocycles. The smallest absolute Gasteiger partial charge is 0.324 e. The van der Waals surface area contributed by atoms with Gasteiger partial charge in [-0.2, -0.15) is 0 Å². The summed E-state index contributed by atoms with van der Waals surface area (Å²) in [6.07, 6.45) is 0.848.